The predicted octanol–water partition coefficient (Wildman–Crippen LogP) is 4.27. The van der Waals surface area contributed by atoms with Gasteiger partial charge in [-0.15, -0.1) is 0 Å². The number of carbonyl (C=O) groups excluding carboxylic acids is 2. The Bertz CT molecular complexity index is 917. The van der Waals surface area contributed by atoms with Crippen molar-refractivity contribution in [2.24, 2.45) is 0 Å². The summed E-state index contributed by atoms with van der Waals surface area (Å²) in [5.41, 5.74) is 9.47. The Balaban J connectivity index is 1.97. The smallest absolute Gasteiger partial charge is 0.271 e. The SMILES string of the molecule is CC(=O)c1ccc(N2C(=O)/C(=C(\C)c3cccc(N)c3)SC2=S)cc1. The van der Waals surface area contributed by atoms with Crippen LogP contribution in [0, 0.1) is 0 Å². The number of hydrogen-bond donors (Lipinski definition) is 1. The summed E-state index contributed by atoms with van der Waals surface area (Å²) >= 11 is 6.67. The molecule has 1 aliphatic rings. The molecule has 0 atom stereocenters. The molecule has 1 aliphatic heterocycles. The van der Waals surface area contributed by atoms with Gasteiger partial charge in [-0.2, -0.15) is 0 Å². The second kappa shape index (κ2) is 6.82. The number of nitrogen functional groups attached to an aromatic ring is 1. The largest absolute Gasteiger partial charge is 0.399 e. The van der Waals surface area contributed by atoms with E-state index in [0.717, 1.165) is 11.1 Å². The standard InChI is InChI=1S/C19H16N2O2S2/c1-11(14-4-3-5-15(20)10-14)17-18(23)21(19(24)25-17)16-8-6-13(7-9-16)12(2)22/h3-10H,20H2,1-2H3/b17-11-. The Morgan fingerprint density at radius 1 is 1.08 bits per heavy atom. The van der Waals surface area contributed by atoms with E-state index in [9.17, 15) is 9.59 Å². The van der Waals surface area contributed by atoms with Crippen molar-refractivity contribution in [2.75, 3.05) is 10.6 Å². The molecule has 0 bridgehead atoms. The van der Waals surface area contributed by atoms with E-state index in [1.165, 1.54) is 23.6 Å². The highest BCUT2D eigenvalue weighted by Gasteiger charge is 2.34. The molecule has 2 aromatic rings. The van der Waals surface area contributed by atoms with E-state index < -0.39 is 0 Å². The number of rotatable bonds is 3. The monoisotopic (exact) mass is 368 g/mol. The number of benzene rings is 2. The van der Waals surface area contributed by atoms with Gasteiger partial charge in [-0.3, -0.25) is 14.5 Å². The Hall–Kier alpha value is -2.44. The Labute approximate surface area is 155 Å². The highest BCUT2D eigenvalue weighted by molar-refractivity contribution is 8.27. The summed E-state index contributed by atoms with van der Waals surface area (Å²) in [6, 6.07) is 14.3. The molecule has 1 saturated heterocycles. The predicted molar refractivity (Wildman–Crippen MR) is 108 cm³/mol. The molecule has 126 valence electrons. The first-order chi connectivity index (χ1) is 11.9. The number of nitrogens with two attached hydrogens (primary N) is 1. The fourth-order valence-corrected chi connectivity index (χ4v) is 3.91. The van der Waals surface area contributed by atoms with E-state index >= 15 is 0 Å². The van der Waals surface area contributed by atoms with E-state index in [0.29, 0.717) is 26.2 Å². The lowest BCUT2D eigenvalue weighted by molar-refractivity contribution is -0.113. The highest BCUT2D eigenvalue weighted by Crippen LogP contribution is 2.39. The van der Waals surface area contributed by atoms with Crippen molar-refractivity contribution in [3.05, 3.63) is 64.6 Å². The molecular formula is C19H16N2O2S2. The van der Waals surface area contributed by atoms with Gasteiger partial charge in [0.05, 0.1) is 10.6 Å². The summed E-state index contributed by atoms with van der Waals surface area (Å²) in [6.45, 7) is 3.40. The van der Waals surface area contributed by atoms with E-state index in [1.807, 2.05) is 25.1 Å². The summed E-state index contributed by atoms with van der Waals surface area (Å²) < 4.78 is 0.471. The number of nitrogens with zero attached hydrogens (tertiary/aromatic N) is 1. The quantitative estimate of drug-likeness (QED) is 0.379. The summed E-state index contributed by atoms with van der Waals surface area (Å²) in [6.07, 6.45) is 0. The maximum absolute atomic E-state index is 12.9. The molecule has 1 amide bonds. The van der Waals surface area contributed by atoms with Crippen LogP contribution < -0.4 is 10.6 Å². The zero-order chi connectivity index (χ0) is 18.1. The minimum atomic E-state index is -0.162. The minimum absolute atomic E-state index is 0.0191. The third-order valence-corrected chi connectivity index (χ3v) is 5.44. The van der Waals surface area contributed by atoms with Gasteiger partial charge in [-0.05, 0) is 61.4 Å². The van der Waals surface area contributed by atoms with Crippen LogP contribution in [0.3, 0.4) is 0 Å². The van der Waals surface area contributed by atoms with Gasteiger partial charge in [0, 0.05) is 11.3 Å². The Morgan fingerprint density at radius 2 is 1.76 bits per heavy atom. The topological polar surface area (TPSA) is 63.4 Å². The van der Waals surface area contributed by atoms with Crippen LogP contribution >= 0.6 is 24.0 Å². The zero-order valence-corrected chi connectivity index (χ0v) is 15.4. The summed E-state index contributed by atoms with van der Waals surface area (Å²) in [4.78, 5) is 26.4. The van der Waals surface area contributed by atoms with E-state index in [2.05, 4.69) is 0 Å². The molecule has 2 aromatic carbocycles. The third-order valence-electron chi connectivity index (χ3n) is 3.96. The van der Waals surface area contributed by atoms with Crippen LogP contribution in [0.25, 0.3) is 5.57 Å². The lowest BCUT2D eigenvalue weighted by Gasteiger charge is -2.15. The van der Waals surface area contributed by atoms with E-state index in [4.69, 9.17) is 18.0 Å². The van der Waals surface area contributed by atoms with Crippen molar-refractivity contribution in [1.82, 2.24) is 0 Å². The maximum atomic E-state index is 12.9. The summed E-state index contributed by atoms with van der Waals surface area (Å²) in [7, 11) is 0. The lowest BCUT2D eigenvalue weighted by Crippen LogP contribution is -2.27. The van der Waals surface area contributed by atoms with Gasteiger partial charge in [0.2, 0.25) is 0 Å². The first-order valence-corrected chi connectivity index (χ1v) is 8.85. The van der Waals surface area contributed by atoms with Crippen LogP contribution in [0.1, 0.15) is 29.8 Å². The molecule has 0 radical (unpaired) electrons. The Morgan fingerprint density at radius 3 is 2.36 bits per heavy atom. The number of allylic oxidation sites excluding steroid dienone is 1. The van der Waals surface area contributed by atoms with Crippen LogP contribution in [-0.4, -0.2) is 16.0 Å². The van der Waals surface area contributed by atoms with Gasteiger partial charge in [-0.1, -0.05) is 36.1 Å². The molecule has 0 aromatic heterocycles. The highest BCUT2D eigenvalue weighted by atomic mass is 32.2. The third kappa shape index (κ3) is 3.36. The molecule has 1 fully saturated rings. The molecule has 0 unspecified atom stereocenters. The number of thiocarbonyl (C=S) groups is 1. The number of thioether (sulfide) groups is 1. The summed E-state index contributed by atoms with van der Waals surface area (Å²) in [5, 5.41) is 0. The van der Waals surface area contributed by atoms with E-state index in [-0.39, 0.29) is 11.7 Å². The molecule has 0 saturated carbocycles. The van der Waals surface area contributed by atoms with Crippen molar-refractivity contribution in [1.29, 1.82) is 0 Å². The van der Waals surface area contributed by atoms with Gasteiger partial charge in [0.25, 0.3) is 5.91 Å². The van der Waals surface area contributed by atoms with Crippen molar-refractivity contribution in [3.63, 3.8) is 0 Å². The Kier molecular flexibility index (Phi) is 4.74. The average molecular weight is 368 g/mol. The zero-order valence-electron chi connectivity index (χ0n) is 13.8. The molecule has 25 heavy (non-hydrogen) atoms. The molecule has 2 N–H and O–H groups in total. The minimum Gasteiger partial charge on any atom is -0.399 e. The van der Waals surface area contributed by atoms with Crippen LogP contribution in [0.15, 0.2) is 53.4 Å². The number of Topliss-reactive ketones (excluding diaryl/α,β-unsaturated/α-hetero) is 1. The van der Waals surface area contributed by atoms with Crippen molar-refractivity contribution in [3.8, 4) is 0 Å². The number of carbonyl (C=O) groups is 2. The number of ketones is 1. The maximum Gasteiger partial charge on any atom is 0.271 e. The first kappa shape index (κ1) is 17.4. The fourth-order valence-electron chi connectivity index (χ4n) is 2.57. The second-order valence-corrected chi connectivity index (χ2v) is 7.34. The molecule has 0 aliphatic carbocycles. The number of anilines is 2. The fraction of sp³-hybridized carbons (Fsp3) is 0.105. The second-order valence-electron chi connectivity index (χ2n) is 5.69. The summed E-state index contributed by atoms with van der Waals surface area (Å²) in [5.74, 6) is -0.181. The molecule has 4 nitrogen and oxygen atoms in total. The van der Waals surface area contributed by atoms with Crippen LogP contribution in [0.2, 0.25) is 0 Å². The van der Waals surface area contributed by atoms with Crippen LogP contribution in [-0.2, 0) is 4.79 Å². The molecule has 1 heterocycles. The van der Waals surface area contributed by atoms with Gasteiger partial charge >= 0.3 is 0 Å². The number of hydrogen-bond acceptors (Lipinski definition) is 5. The normalized spacial score (nSPS) is 16.3. The van der Waals surface area contributed by atoms with Gasteiger partial charge in [-0.25, -0.2) is 0 Å². The molecule has 6 heteroatoms. The van der Waals surface area contributed by atoms with E-state index in [1.54, 1.807) is 30.3 Å². The van der Waals surface area contributed by atoms with Crippen molar-refractivity contribution >= 4 is 56.9 Å². The average Bonchev–Trinajstić information content (AvgIpc) is 2.89. The van der Waals surface area contributed by atoms with Gasteiger partial charge in [0.1, 0.15) is 0 Å². The lowest BCUT2D eigenvalue weighted by atomic mass is 10.1. The van der Waals surface area contributed by atoms with Gasteiger partial charge < -0.3 is 5.73 Å². The van der Waals surface area contributed by atoms with Crippen LogP contribution in [0.5, 0.6) is 0 Å². The first-order valence-electron chi connectivity index (χ1n) is 7.62. The van der Waals surface area contributed by atoms with Gasteiger partial charge in [0.15, 0.2) is 10.1 Å². The van der Waals surface area contributed by atoms with Crippen molar-refractivity contribution in [2.45, 2.75) is 13.8 Å². The molecule has 3 rings (SSSR count). The molecule has 0 spiro atoms. The van der Waals surface area contributed by atoms with Crippen molar-refractivity contribution < 1.29 is 9.59 Å². The molecular weight excluding hydrogens is 352 g/mol. The number of amides is 1. The van der Waals surface area contributed by atoms with Crippen LogP contribution in [0.4, 0.5) is 11.4 Å².